The van der Waals surface area contributed by atoms with Crippen LogP contribution in [0.2, 0.25) is 0 Å². The van der Waals surface area contributed by atoms with Gasteiger partial charge in [-0.3, -0.25) is 4.90 Å². The molecule has 1 aromatic carbocycles. The van der Waals surface area contributed by atoms with Gasteiger partial charge in [-0.2, -0.15) is 13.2 Å². The maximum atomic E-state index is 13.1. The van der Waals surface area contributed by atoms with E-state index < -0.39 is 18.6 Å². The molecule has 3 rings (SSSR count). The molecule has 0 unspecified atom stereocenters. The number of piperazine rings is 1. The van der Waals surface area contributed by atoms with E-state index >= 15 is 0 Å². The van der Waals surface area contributed by atoms with Crippen LogP contribution in [0.5, 0.6) is 17.2 Å². The SMILES string of the molecule is COc1cc([C@H](CC(F)(F)F)N2CCNCC2)cc2c1OCO2.Cl.Cl. The van der Waals surface area contributed by atoms with Gasteiger partial charge >= 0.3 is 6.18 Å². The number of hydrogen-bond acceptors (Lipinski definition) is 5. The standard InChI is InChI=1S/C15H19F3N2O3.2ClH/c1-21-12-6-10(7-13-14(12)23-9-22-13)11(8-15(16,17)18)20-4-2-19-3-5-20;;/h6-7,11,19H,2-5,8-9H2,1H3;2*1H/t11-;;/m0../s1. The quantitative estimate of drug-likeness (QED) is 0.834. The van der Waals surface area contributed by atoms with E-state index in [9.17, 15) is 13.2 Å². The van der Waals surface area contributed by atoms with Crippen LogP contribution in [-0.2, 0) is 0 Å². The van der Waals surface area contributed by atoms with Gasteiger partial charge in [0.1, 0.15) is 0 Å². The summed E-state index contributed by atoms with van der Waals surface area (Å²) in [7, 11) is 1.46. The van der Waals surface area contributed by atoms with Crippen molar-refractivity contribution in [2.24, 2.45) is 0 Å². The predicted molar refractivity (Wildman–Crippen MR) is 91.5 cm³/mol. The first-order chi connectivity index (χ1) is 11.0. The van der Waals surface area contributed by atoms with Crippen LogP contribution in [-0.4, -0.2) is 51.2 Å². The lowest BCUT2D eigenvalue weighted by atomic mass is 9.99. The highest BCUT2D eigenvalue weighted by atomic mass is 35.5. The summed E-state index contributed by atoms with van der Waals surface area (Å²) in [5, 5.41) is 3.16. The first-order valence-corrected chi connectivity index (χ1v) is 7.47. The molecule has 1 N–H and O–H groups in total. The first kappa shape index (κ1) is 22.0. The molecule has 0 spiro atoms. The Kier molecular flexibility index (Phi) is 7.92. The Hall–Kier alpha value is -1.09. The van der Waals surface area contributed by atoms with Gasteiger partial charge < -0.3 is 19.5 Å². The number of fused-ring (bicyclic) bond motifs is 1. The van der Waals surface area contributed by atoms with Gasteiger partial charge in [0.15, 0.2) is 11.5 Å². The van der Waals surface area contributed by atoms with Crippen molar-refractivity contribution in [3.8, 4) is 17.2 Å². The van der Waals surface area contributed by atoms with Crippen molar-refractivity contribution in [1.82, 2.24) is 10.2 Å². The van der Waals surface area contributed by atoms with Crippen LogP contribution in [0.4, 0.5) is 13.2 Å². The van der Waals surface area contributed by atoms with Crippen molar-refractivity contribution in [3.63, 3.8) is 0 Å². The van der Waals surface area contributed by atoms with Crippen LogP contribution in [0.1, 0.15) is 18.0 Å². The molecule has 0 aliphatic carbocycles. The number of ether oxygens (including phenoxy) is 3. The Morgan fingerprint density at radius 3 is 2.48 bits per heavy atom. The monoisotopic (exact) mass is 404 g/mol. The summed E-state index contributed by atoms with van der Waals surface area (Å²) in [6, 6.07) is 2.48. The molecule has 0 bridgehead atoms. The number of benzene rings is 1. The van der Waals surface area contributed by atoms with Crippen molar-refractivity contribution in [1.29, 1.82) is 0 Å². The molecule has 25 heavy (non-hydrogen) atoms. The van der Waals surface area contributed by atoms with Gasteiger partial charge in [0.25, 0.3) is 0 Å². The Bertz CT molecular complexity index is 570. The molecular formula is C15H21Cl2F3N2O3. The van der Waals surface area contributed by atoms with Crippen LogP contribution < -0.4 is 19.5 Å². The largest absolute Gasteiger partial charge is 0.493 e. The summed E-state index contributed by atoms with van der Waals surface area (Å²) in [6.07, 6.45) is -5.16. The van der Waals surface area contributed by atoms with Gasteiger partial charge in [-0.05, 0) is 17.7 Å². The molecule has 1 saturated heterocycles. The lowest BCUT2D eigenvalue weighted by Crippen LogP contribution is -2.46. The minimum Gasteiger partial charge on any atom is -0.493 e. The van der Waals surface area contributed by atoms with Crippen LogP contribution >= 0.6 is 24.8 Å². The number of alkyl halides is 3. The summed E-state index contributed by atoms with van der Waals surface area (Å²) in [4.78, 5) is 1.85. The van der Waals surface area contributed by atoms with E-state index in [1.54, 1.807) is 12.1 Å². The van der Waals surface area contributed by atoms with Gasteiger partial charge in [-0.1, -0.05) is 0 Å². The molecule has 2 aliphatic heterocycles. The third-order valence-corrected chi connectivity index (χ3v) is 4.08. The normalized spacial score (nSPS) is 18.1. The first-order valence-electron chi connectivity index (χ1n) is 7.47. The highest BCUT2D eigenvalue weighted by Gasteiger charge is 2.37. The minimum atomic E-state index is -4.25. The van der Waals surface area contributed by atoms with E-state index in [4.69, 9.17) is 14.2 Å². The zero-order chi connectivity index (χ0) is 16.4. The highest BCUT2D eigenvalue weighted by molar-refractivity contribution is 5.85. The second kappa shape index (κ2) is 9.02. The zero-order valence-corrected chi connectivity index (χ0v) is 15.2. The maximum absolute atomic E-state index is 13.1. The number of nitrogens with one attached hydrogen (secondary N) is 1. The second-order valence-electron chi connectivity index (χ2n) is 5.58. The van der Waals surface area contributed by atoms with E-state index in [2.05, 4.69) is 5.32 Å². The van der Waals surface area contributed by atoms with Gasteiger partial charge in [-0.25, -0.2) is 0 Å². The molecule has 1 aromatic rings. The molecule has 5 nitrogen and oxygen atoms in total. The molecule has 2 heterocycles. The number of rotatable bonds is 4. The Labute approximate surface area is 156 Å². The minimum absolute atomic E-state index is 0. The topological polar surface area (TPSA) is 43.0 Å². The van der Waals surface area contributed by atoms with E-state index in [1.807, 2.05) is 4.90 Å². The van der Waals surface area contributed by atoms with Crippen molar-refractivity contribution in [2.45, 2.75) is 18.6 Å². The Morgan fingerprint density at radius 1 is 1.20 bits per heavy atom. The molecule has 0 radical (unpaired) electrons. The third-order valence-electron chi connectivity index (χ3n) is 4.08. The molecule has 144 valence electrons. The average Bonchev–Trinajstić information content (AvgIpc) is 3.00. The number of nitrogens with zero attached hydrogens (tertiary/aromatic N) is 1. The van der Waals surface area contributed by atoms with Crippen LogP contribution in [0.3, 0.4) is 0 Å². The van der Waals surface area contributed by atoms with Crippen LogP contribution in [0, 0.1) is 0 Å². The lowest BCUT2D eigenvalue weighted by molar-refractivity contribution is -0.148. The van der Waals surface area contributed by atoms with Gasteiger partial charge in [-0.15, -0.1) is 24.8 Å². The fourth-order valence-corrected chi connectivity index (χ4v) is 3.01. The summed E-state index contributed by atoms with van der Waals surface area (Å²) < 4.78 is 55.1. The lowest BCUT2D eigenvalue weighted by Gasteiger charge is -2.35. The van der Waals surface area contributed by atoms with E-state index in [0.29, 0.717) is 49.0 Å². The second-order valence-corrected chi connectivity index (χ2v) is 5.58. The molecular weight excluding hydrogens is 384 g/mol. The van der Waals surface area contributed by atoms with Gasteiger partial charge in [0.05, 0.1) is 13.5 Å². The predicted octanol–water partition coefficient (Wildman–Crippen LogP) is 3.17. The van der Waals surface area contributed by atoms with E-state index in [-0.39, 0.29) is 31.6 Å². The highest BCUT2D eigenvalue weighted by Crippen LogP contribution is 2.45. The smallest absolute Gasteiger partial charge is 0.390 e. The van der Waals surface area contributed by atoms with Crippen molar-refractivity contribution >= 4 is 24.8 Å². The molecule has 0 saturated carbocycles. The molecule has 0 amide bonds. The summed E-state index contributed by atoms with van der Waals surface area (Å²) >= 11 is 0. The Balaban J connectivity index is 0.00000156. The fourth-order valence-electron chi connectivity index (χ4n) is 3.01. The van der Waals surface area contributed by atoms with Gasteiger partial charge in [0, 0.05) is 32.2 Å². The van der Waals surface area contributed by atoms with E-state index in [1.165, 1.54) is 7.11 Å². The van der Waals surface area contributed by atoms with Crippen molar-refractivity contribution < 1.29 is 27.4 Å². The maximum Gasteiger partial charge on any atom is 0.390 e. The summed E-state index contributed by atoms with van der Waals surface area (Å²) in [5.41, 5.74) is 0.533. The molecule has 1 fully saturated rings. The Morgan fingerprint density at radius 2 is 1.88 bits per heavy atom. The van der Waals surface area contributed by atoms with E-state index in [0.717, 1.165) is 0 Å². The zero-order valence-electron chi connectivity index (χ0n) is 13.6. The van der Waals surface area contributed by atoms with Crippen molar-refractivity contribution in [3.05, 3.63) is 17.7 Å². The van der Waals surface area contributed by atoms with Gasteiger partial charge in [0.2, 0.25) is 12.5 Å². The molecule has 10 heteroatoms. The van der Waals surface area contributed by atoms with Crippen molar-refractivity contribution in [2.75, 3.05) is 40.1 Å². The fraction of sp³-hybridized carbons (Fsp3) is 0.600. The molecule has 0 aromatic heterocycles. The molecule has 1 atom stereocenters. The summed E-state index contributed by atoms with van der Waals surface area (Å²) in [5.74, 6) is 1.28. The summed E-state index contributed by atoms with van der Waals surface area (Å²) in [6.45, 7) is 2.54. The number of halogens is 5. The van der Waals surface area contributed by atoms with Crippen LogP contribution in [0.25, 0.3) is 0 Å². The number of methoxy groups -OCH3 is 1. The third kappa shape index (κ3) is 5.20. The number of hydrogen-bond donors (Lipinski definition) is 1. The molecule has 2 aliphatic rings. The van der Waals surface area contributed by atoms with Crippen LogP contribution in [0.15, 0.2) is 12.1 Å². The average molecular weight is 405 g/mol.